The summed E-state index contributed by atoms with van der Waals surface area (Å²) in [6, 6.07) is 0. The summed E-state index contributed by atoms with van der Waals surface area (Å²) in [5.74, 6) is 0. The van der Waals surface area contributed by atoms with Crippen LogP contribution in [0.1, 0.15) is 49.2 Å². The standard InChI is InChI=1S/C14H23NO2S/c1-11-10-18-13(15-11)9-12(16)14(17-2)7-5-3-4-6-8-14/h10,12,16H,3-9H2,1-2H3. The van der Waals surface area contributed by atoms with Gasteiger partial charge in [0.15, 0.2) is 0 Å². The Kier molecular flexibility index (Phi) is 4.76. The van der Waals surface area contributed by atoms with Gasteiger partial charge in [0.2, 0.25) is 0 Å². The molecule has 1 saturated carbocycles. The van der Waals surface area contributed by atoms with Gasteiger partial charge in [-0.3, -0.25) is 0 Å². The Morgan fingerprint density at radius 3 is 2.56 bits per heavy atom. The first-order chi connectivity index (χ1) is 8.66. The van der Waals surface area contributed by atoms with E-state index in [0.29, 0.717) is 6.42 Å². The van der Waals surface area contributed by atoms with E-state index < -0.39 is 6.10 Å². The molecule has 0 aliphatic heterocycles. The first-order valence-electron chi connectivity index (χ1n) is 6.80. The van der Waals surface area contributed by atoms with Gasteiger partial charge in [0.25, 0.3) is 0 Å². The number of rotatable bonds is 4. The van der Waals surface area contributed by atoms with Crippen molar-refractivity contribution in [2.24, 2.45) is 0 Å². The maximum absolute atomic E-state index is 10.6. The molecule has 0 bridgehead atoms. The average Bonchev–Trinajstić information content (AvgIpc) is 2.65. The number of nitrogens with zero attached hydrogens (tertiary/aromatic N) is 1. The SMILES string of the molecule is COC1(C(O)Cc2nc(C)cs2)CCCCCC1. The van der Waals surface area contributed by atoms with Crippen molar-refractivity contribution in [3.63, 3.8) is 0 Å². The van der Waals surface area contributed by atoms with E-state index >= 15 is 0 Å². The fourth-order valence-corrected chi connectivity index (χ4v) is 3.66. The molecule has 1 aromatic heterocycles. The Bertz CT molecular complexity index is 370. The van der Waals surface area contributed by atoms with Gasteiger partial charge in [-0.15, -0.1) is 11.3 Å². The van der Waals surface area contributed by atoms with Crippen molar-refractivity contribution in [3.05, 3.63) is 16.1 Å². The third kappa shape index (κ3) is 3.11. The number of aliphatic hydroxyl groups is 1. The maximum Gasteiger partial charge on any atom is 0.0955 e. The minimum atomic E-state index is -0.439. The zero-order valence-electron chi connectivity index (χ0n) is 11.3. The van der Waals surface area contributed by atoms with Crippen LogP contribution in [0.15, 0.2) is 5.38 Å². The first-order valence-corrected chi connectivity index (χ1v) is 7.68. The number of aryl methyl sites for hydroxylation is 1. The lowest BCUT2D eigenvalue weighted by molar-refractivity contribution is -0.111. The molecule has 1 heterocycles. The summed E-state index contributed by atoms with van der Waals surface area (Å²) in [4.78, 5) is 4.44. The Morgan fingerprint density at radius 1 is 1.39 bits per heavy atom. The number of hydrogen-bond acceptors (Lipinski definition) is 4. The van der Waals surface area contributed by atoms with E-state index in [1.165, 1.54) is 12.8 Å². The van der Waals surface area contributed by atoms with Crippen LogP contribution < -0.4 is 0 Å². The largest absolute Gasteiger partial charge is 0.390 e. The molecule has 1 fully saturated rings. The van der Waals surface area contributed by atoms with Gasteiger partial charge >= 0.3 is 0 Å². The van der Waals surface area contributed by atoms with E-state index in [2.05, 4.69) is 4.98 Å². The predicted molar refractivity (Wildman–Crippen MR) is 74.0 cm³/mol. The summed E-state index contributed by atoms with van der Waals surface area (Å²) in [7, 11) is 1.74. The molecule has 18 heavy (non-hydrogen) atoms. The number of ether oxygens (including phenoxy) is 1. The Morgan fingerprint density at radius 2 is 2.06 bits per heavy atom. The highest BCUT2D eigenvalue weighted by molar-refractivity contribution is 7.09. The van der Waals surface area contributed by atoms with Crippen molar-refractivity contribution >= 4 is 11.3 Å². The second-order valence-corrected chi connectivity index (χ2v) is 6.23. The van der Waals surface area contributed by atoms with E-state index in [9.17, 15) is 5.11 Å². The number of aromatic nitrogens is 1. The average molecular weight is 269 g/mol. The van der Waals surface area contributed by atoms with E-state index in [0.717, 1.165) is 36.4 Å². The Labute approximate surface area is 113 Å². The molecule has 1 atom stereocenters. The minimum absolute atomic E-state index is 0.351. The van der Waals surface area contributed by atoms with Gasteiger partial charge in [0, 0.05) is 24.6 Å². The lowest BCUT2D eigenvalue weighted by Gasteiger charge is -2.35. The fraction of sp³-hybridized carbons (Fsp3) is 0.786. The van der Waals surface area contributed by atoms with Gasteiger partial charge < -0.3 is 9.84 Å². The molecule has 2 rings (SSSR count). The minimum Gasteiger partial charge on any atom is -0.390 e. The molecule has 1 aliphatic carbocycles. The molecular weight excluding hydrogens is 246 g/mol. The third-order valence-electron chi connectivity index (χ3n) is 4.00. The van der Waals surface area contributed by atoms with E-state index in [1.807, 2.05) is 12.3 Å². The highest BCUT2D eigenvalue weighted by atomic mass is 32.1. The smallest absolute Gasteiger partial charge is 0.0955 e. The predicted octanol–water partition coefficient (Wildman–Crippen LogP) is 3.09. The van der Waals surface area contributed by atoms with Crippen LogP contribution in [0.4, 0.5) is 0 Å². The van der Waals surface area contributed by atoms with Crippen LogP contribution in [0.25, 0.3) is 0 Å². The highest BCUT2D eigenvalue weighted by Crippen LogP contribution is 2.34. The quantitative estimate of drug-likeness (QED) is 0.854. The van der Waals surface area contributed by atoms with Crippen LogP contribution in [0.2, 0.25) is 0 Å². The van der Waals surface area contributed by atoms with E-state index in [4.69, 9.17) is 4.74 Å². The molecule has 0 radical (unpaired) electrons. The van der Waals surface area contributed by atoms with Crippen LogP contribution in [0.5, 0.6) is 0 Å². The van der Waals surface area contributed by atoms with Crippen molar-refractivity contribution in [1.29, 1.82) is 0 Å². The fourth-order valence-electron chi connectivity index (χ4n) is 2.85. The number of aliphatic hydroxyl groups excluding tert-OH is 1. The molecule has 102 valence electrons. The molecule has 1 aromatic rings. The maximum atomic E-state index is 10.6. The molecule has 3 nitrogen and oxygen atoms in total. The van der Waals surface area contributed by atoms with Gasteiger partial charge in [-0.05, 0) is 19.8 Å². The van der Waals surface area contributed by atoms with Gasteiger partial charge in [-0.25, -0.2) is 4.98 Å². The zero-order valence-corrected chi connectivity index (χ0v) is 12.1. The van der Waals surface area contributed by atoms with Gasteiger partial charge in [0.1, 0.15) is 0 Å². The first kappa shape index (κ1) is 14.0. The Hall–Kier alpha value is -0.450. The molecule has 1 unspecified atom stereocenters. The van der Waals surface area contributed by atoms with Crippen LogP contribution in [-0.4, -0.2) is 28.9 Å². The molecule has 4 heteroatoms. The molecule has 0 aromatic carbocycles. The molecule has 1 N–H and O–H groups in total. The van der Waals surface area contributed by atoms with Crippen molar-refractivity contribution in [1.82, 2.24) is 4.98 Å². The van der Waals surface area contributed by atoms with Crippen LogP contribution in [-0.2, 0) is 11.2 Å². The molecular formula is C14H23NO2S. The highest BCUT2D eigenvalue weighted by Gasteiger charge is 2.38. The Balaban J connectivity index is 2.06. The lowest BCUT2D eigenvalue weighted by Crippen LogP contribution is -2.45. The summed E-state index contributed by atoms with van der Waals surface area (Å²) in [6.07, 6.45) is 6.94. The summed E-state index contributed by atoms with van der Waals surface area (Å²) in [6.45, 7) is 1.99. The topological polar surface area (TPSA) is 42.4 Å². The second kappa shape index (κ2) is 6.13. The monoisotopic (exact) mass is 269 g/mol. The number of hydrogen-bond donors (Lipinski definition) is 1. The zero-order chi connectivity index (χ0) is 13.0. The molecule has 0 amide bonds. The molecule has 0 saturated heterocycles. The number of thiazole rings is 1. The van der Waals surface area contributed by atoms with E-state index in [1.54, 1.807) is 18.4 Å². The van der Waals surface area contributed by atoms with Gasteiger partial charge in [-0.2, -0.15) is 0 Å². The van der Waals surface area contributed by atoms with Crippen LogP contribution in [0, 0.1) is 6.92 Å². The summed E-state index contributed by atoms with van der Waals surface area (Å²) < 4.78 is 5.73. The van der Waals surface area contributed by atoms with Crippen molar-refractivity contribution in [2.75, 3.05) is 7.11 Å². The van der Waals surface area contributed by atoms with Crippen LogP contribution >= 0.6 is 11.3 Å². The summed E-state index contributed by atoms with van der Waals surface area (Å²) in [5.41, 5.74) is 0.685. The molecule has 0 spiro atoms. The lowest BCUT2D eigenvalue weighted by atomic mass is 9.86. The summed E-state index contributed by atoms with van der Waals surface area (Å²) >= 11 is 1.63. The number of methoxy groups -OCH3 is 1. The van der Waals surface area contributed by atoms with Crippen molar-refractivity contribution in [2.45, 2.75) is 63.6 Å². The van der Waals surface area contributed by atoms with Crippen molar-refractivity contribution < 1.29 is 9.84 Å². The normalized spacial score (nSPS) is 21.5. The van der Waals surface area contributed by atoms with Gasteiger partial charge in [0.05, 0.1) is 16.7 Å². The van der Waals surface area contributed by atoms with E-state index in [-0.39, 0.29) is 5.60 Å². The summed E-state index contributed by atoms with van der Waals surface area (Å²) in [5, 5.41) is 13.6. The van der Waals surface area contributed by atoms with Crippen molar-refractivity contribution in [3.8, 4) is 0 Å². The molecule has 1 aliphatic rings. The van der Waals surface area contributed by atoms with Gasteiger partial charge in [-0.1, -0.05) is 25.7 Å². The third-order valence-corrected chi connectivity index (χ3v) is 4.99. The van der Waals surface area contributed by atoms with Crippen LogP contribution in [0.3, 0.4) is 0 Å². The second-order valence-electron chi connectivity index (χ2n) is 5.29.